The van der Waals surface area contributed by atoms with Crippen LogP contribution in [0, 0.1) is 20.8 Å². The van der Waals surface area contributed by atoms with Crippen LogP contribution in [0.1, 0.15) is 32.9 Å². The maximum Gasteiger partial charge on any atom is 0.337 e. The number of nitrogens with zero attached hydrogens (tertiary/aromatic N) is 2. The molecule has 4 amide bonds. The summed E-state index contributed by atoms with van der Waals surface area (Å²) in [4.78, 5) is 51.2. The van der Waals surface area contributed by atoms with Crippen LogP contribution in [0.15, 0.2) is 54.1 Å². The van der Waals surface area contributed by atoms with Crippen LogP contribution in [0.2, 0.25) is 5.02 Å². The Morgan fingerprint density at radius 1 is 1.00 bits per heavy atom. The molecule has 0 saturated carbocycles. The van der Waals surface area contributed by atoms with Gasteiger partial charge in [0.1, 0.15) is 5.57 Å². The molecule has 1 fully saturated rings. The molecule has 1 aliphatic rings. The highest BCUT2D eigenvalue weighted by molar-refractivity contribution is 6.39. The maximum atomic E-state index is 13.2. The monoisotopic (exact) mass is 491 g/mol. The molecule has 0 atom stereocenters. The van der Waals surface area contributed by atoms with E-state index < -0.39 is 23.8 Å². The van der Waals surface area contributed by atoms with Crippen molar-refractivity contribution in [2.45, 2.75) is 20.8 Å². The third-order valence-electron chi connectivity index (χ3n) is 5.83. The first kappa shape index (κ1) is 24.0. The lowest BCUT2D eigenvalue weighted by Crippen LogP contribution is -2.54. The molecule has 3 aromatic rings. The molecule has 4 rings (SSSR count). The number of barbiturate groups is 1. The smallest absolute Gasteiger partial charge is 0.337 e. The number of amides is 4. The molecule has 0 bridgehead atoms. The standard InChI is InChI=1S/C26H22ClN3O5/c1-14-5-6-17(25(33)35-4)13-22(14)29-15(2)11-18(16(29)3)12-21-23(31)28-26(34)30(24(21)32)20-9-7-19(27)8-10-20/h5-13H,1-4H3,(H,28,31,34)/b21-12+. The number of methoxy groups -OCH3 is 1. The third kappa shape index (κ3) is 4.36. The highest BCUT2D eigenvalue weighted by Crippen LogP contribution is 2.28. The molecule has 8 nitrogen and oxygen atoms in total. The fraction of sp³-hybridized carbons (Fsp3) is 0.154. The second-order valence-electron chi connectivity index (χ2n) is 8.09. The van der Waals surface area contributed by atoms with Crippen molar-refractivity contribution in [1.29, 1.82) is 0 Å². The van der Waals surface area contributed by atoms with E-state index in [-0.39, 0.29) is 11.3 Å². The molecule has 0 unspecified atom stereocenters. The van der Waals surface area contributed by atoms with E-state index in [1.165, 1.54) is 25.3 Å². The van der Waals surface area contributed by atoms with Gasteiger partial charge in [-0.1, -0.05) is 17.7 Å². The number of aromatic nitrogens is 1. The van der Waals surface area contributed by atoms with Gasteiger partial charge in [0.2, 0.25) is 0 Å². The Bertz CT molecular complexity index is 1420. The number of ether oxygens (including phenoxy) is 1. The fourth-order valence-corrected chi connectivity index (χ4v) is 4.16. The van der Waals surface area contributed by atoms with Crippen molar-refractivity contribution in [3.63, 3.8) is 0 Å². The molecule has 1 aromatic heterocycles. The van der Waals surface area contributed by atoms with Crippen molar-refractivity contribution in [3.05, 3.63) is 87.2 Å². The van der Waals surface area contributed by atoms with E-state index >= 15 is 0 Å². The van der Waals surface area contributed by atoms with Gasteiger partial charge in [-0.15, -0.1) is 0 Å². The molecule has 9 heteroatoms. The van der Waals surface area contributed by atoms with Crippen LogP contribution in [0.3, 0.4) is 0 Å². The summed E-state index contributed by atoms with van der Waals surface area (Å²) in [6.45, 7) is 5.64. The molecule has 178 valence electrons. The first-order valence-corrected chi connectivity index (χ1v) is 11.1. The van der Waals surface area contributed by atoms with E-state index in [1.54, 1.807) is 24.3 Å². The third-order valence-corrected chi connectivity index (χ3v) is 6.08. The number of halogens is 1. The number of aryl methyl sites for hydroxylation is 2. The van der Waals surface area contributed by atoms with Gasteiger partial charge >= 0.3 is 12.0 Å². The highest BCUT2D eigenvalue weighted by Gasteiger charge is 2.37. The zero-order valence-corrected chi connectivity index (χ0v) is 20.3. The SMILES string of the molecule is COC(=O)c1ccc(C)c(-n2c(C)cc(/C=C3\C(=O)NC(=O)N(c4ccc(Cl)cc4)C3=O)c2C)c1. The van der Waals surface area contributed by atoms with Gasteiger partial charge in [-0.3, -0.25) is 14.9 Å². The van der Waals surface area contributed by atoms with Crippen molar-refractivity contribution in [3.8, 4) is 5.69 Å². The number of hydrogen-bond donors (Lipinski definition) is 1. The predicted molar refractivity (Wildman–Crippen MR) is 132 cm³/mol. The second kappa shape index (κ2) is 9.23. The molecule has 0 radical (unpaired) electrons. The quantitative estimate of drug-likeness (QED) is 0.329. The van der Waals surface area contributed by atoms with E-state index in [9.17, 15) is 19.2 Å². The minimum atomic E-state index is -0.833. The summed E-state index contributed by atoms with van der Waals surface area (Å²) in [6, 6.07) is 12.4. The van der Waals surface area contributed by atoms with Gasteiger partial charge in [0, 0.05) is 22.1 Å². The van der Waals surface area contributed by atoms with Gasteiger partial charge in [-0.25, -0.2) is 14.5 Å². The van der Waals surface area contributed by atoms with Crippen molar-refractivity contribution < 1.29 is 23.9 Å². The topological polar surface area (TPSA) is 97.7 Å². The average Bonchev–Trinajstić information content (AvgIpc) is 3.10. The summed E-state index contributed by atoms with van der Waals surface area (Å²) < 4.78 is 6.77. The summed E-state index contributed by atoms with van der Waals surface area (Å²) in [7, 11) is 1.32. The zero-order valence-electron chi connectivity index (χ0n) is 19.5. The van der Waals surface area contributed by atoms with Crippen molar-refractivity contribution in [1.82, 2.24) is 9.88 Å². The molecule has 2 heterocycles. The lowest BCUT2D eigenvalue weighted by molar-refractivity contribution is -0.122. The lowest BCUT2D eigenvalue weighted by atomic mass is 10.1. The van der Waals surface area contributed by atoms with E-state index in [0.29, 0.717) is 16.1 Å². The molecule has 0 spiro atoms. The summed E-state index contributed by atoms with van der Waals surface area (Å²) in [5.74, 6) is -1.97. The van der Waals surface area contributed by atoms with Gasteiger partial charge in [-0.05, 0) is 80.4 Å². The van der Waals surface area contributed by atoms with Crippen LogP contribution < -0.4 is 10.2 Å². The Morgan fingerprint density at radius 3 is 2.34 bits per heavy atom. The number of carbonyl (C=O) groups is 4. The number of esters is 1. The lowest BCUT2D eigenvalue weighted by Gasteiger charge is -2.26. The van der Waals surface area contributed by atoms with Crippen LogP contribution in [-0.2, 0) is 14.3 Å². The second-order valence-corrected chi connectivity index (χ2v) is 8.53. The first-order chi connectivity index (χ1) is 16.6. The molecular weight excluding hydrogens is 470 g/mol. The molecule has 0 aliphatic carbocycles. The number of anilines is 1. The molecule has 1 N–H and O–H groups in total. The van der Waals surface area contributed by atoms with Gasteiger partial charge in [0.15, 0.2) is 0 Å². The van der Waals surface area contributed by atoms with E-state index in [1.807, 2.05) is 37.5 Å². The number of urea groups is 1. The number of rotatable bonds is 4. The number of nitrogens with one attached hydrogen (secondary N) is 1. The zero-order chi connectivity index (χ0) is 25.4. The Labute approximate surface area is 206 Å². The van der Waals surface area contributed by atoms with Gasteiger partial charge in [0.25, 0.3) is 11.8 Å². The summed E-state index contributed by atoms with van der Waals surface area (Å²) in [5, 5.41) is 2.67. The minimum Gasteiger partial charge on any atom is -0.465 e. The van der Waals surface area contributed by atoms with Crippen LogP contribution in [-0.4, -0.2) is 35.5 Å². The van der Waals surface area contributed by atoms with Crippen molar-refractivity contribution in [2.24, 2.45) is 0 Å². The fourth-order valence-electron chi connectivity index (χ4n) is 4.04. The van der Waals surface area contributed by atoms with Crippen LogP contribution in [0.4, 0.5) is 10.5 Å². The van der Waals surface area contributed by atoms with Crippen molar-refractivity contribution >= 4 is 47.2 Å². The minimum absolute atomic E-state index is 0.181. The summed E-state index contributed by atoms with van der Waals surface area (Å²) >= 11 is 5.92. The Hall–Kier alpha value is -4.17. The number of imide groups is 2. The van der Waals surface area contributed by atoms with Gasteiger partial charge in [0.05, 0.1) is 18.4 Å². The Morgan fingerprint density at radius 2 is 1.69 bits per heavy atom. The highest BCUT2D eigenvalue weighted by atomic mass is 35.5. The molecule has 2 aromatic carbocycles. The summed E-state index contributed by atoms with van der Waals surface area (Å²) in [5.41, 5.74) is 4.39. The molecule has 1 saturated heterocycles. The number of hydrogen-bond acceptors (Lipinski definition) is 5. The van der Waals surface area contributed by atoms with Gasteiger partial charge < -0.3 is 9.30 Å². The van der Waals surface area contributed by atoms with E-state index in [0.717, 1.165) is 27.5 Å². The van der Waals surface area contributed by atoms with Crippen LogP contribution >= 0.6 is 11.6 Å². The number of benzene rings is 2. The van der Waals surface area contributed by atoms with E-state index in [4.69, 9.17) is 16.3 Å². The molecule has 35 heavy (non-hydrogen) atoms. The van der Waals surface area contributed by atoms with Crippen molar-refractivity contribution in [2.75, 3.05) is 12.0 Å². The summed E-state index contributed by atoms with van der Waals surface area (Å²) in [6.07, 6.45) is 1.46. The van der Waals surface area contributed by atoms with Crippen LogP contribution in [0.25, 0.3) is 11.8 Å². The van der Waals surface area contributed by atoms with E-state index in [2.05, 4.69) is 5.32 Å². The molecular formula is C26H22ClN3O5. The Kier molecular flexibility index (Phi) is 6.32. The van der Waals surface area contributed by atoms with Crippen LogP contribution in [0.5, 0.6) is 0 Å². The number of carbonyl (C=O) groups excluding carboxylic acids is 4. The first-order valence-electron chi connectivity index (χ1n) is 10.7. The average molecular weight is 492 g/mol. The van der Waals surface area contributed by atoms with Gasteiger partial charge in [-0.2, -0.15) is 0 Å². The normalized spacial score (nSPS) is 14.9. The molecule has 1 aliphatic heterocycles. The maximum absolute atomic E-state index is 13.2. The largest absolute Gasteiger partial charge is 0.465 e. The Balaban J connectivity index is 1.78. The predicted octanol–water partition coefficient (Wildman–Crippen LogP) is 4.51.